The Morgan fingerprint density at radius 3 is 2.62 bits per heavy atom. The molecule has 0 spiro atoms. The zero-order chi connectivity index (χ0) is 15.6. The molecule has 7 heteroatoms. The lowest BCUT2D eigenvalue weighted by atomic mass is 10.1. The fourth-order valence-corrected chi connectivity index (χ4v) is 2.30. The van der Waals surface area contributed by atoms with Crippen LogP contribution in [0.3, 0.4) is 0 Å². The first kappa shape index (κ1) is 15.1. The van der Waals surface area contributed by atoms with Crippen LogP contribution in [0, 0.1) is 22.9 Å². The molecule has 0 aliphatic heterocycles. The van der Waals surface area contributed by atoms with Crippen LogP contribution in [-0.2, 0) is 0 Å². The molecule has 0 saturated heterocycles. The first-order valence-corrected chi connectivity index (χ1v) is 6.69. The summed E-state index contributed by atoms with van der Waals surface area (Å²) in [6.45, 7) is 1.90. The van der Waals surface area contributed by atoms with Crippen LogP contribution in [0.15, 0.2) is 40.9 Å². The summed E-state index contributed by atoms with van der Waals surface area (Å²) in [5, 5.41) is 13.3. The number of nitro groups is 1. The fourth-order valence-electron chi connectivity index (χ4n) is 1.71. The summed E-state index contributed by atoms with van der Waals surface area (Å²) in [5.74, 6) is -1.53. The molecule has 2 aromatic carbocycles. The molecule has 0 saturated carbocycles. The first-order chi connectivity index (χ1) is 9.88. The molecule has 0 fully saturated rings. The Hall–Kier alpha value is -2.28. The van der Waals surface area contributed by atoms with Gasteiger partial charge in [-0.25, -0.2) is 0 Å². The number of aryl methyl sites for hydroxylation is 1. The highest BCUT2D eigenvalue weighted by molar-refractivity contribution is 9.10. The topological polar surface area (TPSA) is 72.2 Å². The van der Waals surface area contributed by atoms with Gasteiger partial charge in [-0.2, -0.15) is 4.39 Å². The Labute approximate surface area is 128 Å². The van der Waals surface area contributed by atoms with Gasteiger partial charge in [0, 0.05) is 16.1 Å². The third-order valence-electron chi connectivity index (χ3n) is 2.78. The second kappa shape index (κ2) is 6.01. The molecule has 1 amide bonds. The number of nitrogens with one attached hydrogen (secondary N) is 1. The highest BCUT2D eigenvalue weighted by Gasteiger charge is 2.18. The van der Waals surface area contributed by atoms with Crippen LogP contribution in [0.4, 0.5) is 15.8 Å². The molecule has 0 aromatic heterocycles. The lowest BCUT2D eigenvalue weighted by molar-refractivity contribution is -0.387. The summed E-state index contributed by atoms with van der Waals surface area (Å²) in [6, 6.07) is 8.34. The number of hydrogen-bond donors (Lipinski definition) is 1. The van der Waals surface area contributed by atoms with Crippen molar-refractivity contribution in [2.75, 3.05) is 5.32 Å². The summed E-state index contributed by atoms with van der Waals surface area (Å²) in [6.07, 6.45) is 0. The average molecular weight is 353 g/mol. The lowest BCUT2D eigenvalue weighted by Gasteiger charge is -2.08. The number of hydrogen-bond acceptors (Lipinski definition) is 3. The molecule has 2 aromatic rings. The van der Waals surface area contributed by atoms with Crippen molar-refractivity contribution in [2.24, 2.45) is 0 Å². The Bertz CT molecular complexity index is 734. The van der Waals surface area contributed by atoms with Crippen LogP contribution in [-0.4, -0.2) is 10.8 Å². The monoisotopic (exact) mass is 352 g/mol. The van der Waals surface area contributed by atoms with Gasteiger partial charge in [-0.15, -0.1) is 0 Å². The van der Waals surface area contributed by atoms with Crippen molar-refractivity contribution in [1.29, 1.82) is 0 Å². The number of carbonyl (C=O) groups excluding carboxylic acids is 1. The Kier molecular flexibility index (Phi) is 4.32. The van der Waals surface area contributed by atoms with E-state index in [9.17, 15) is 19.3 Å². The van der Waals surface area contributed by atoms with Crippen molar-refractivity contribution in [3.63, 3.8) is 0 Å². The van der Waals surface area contributed by atoms with Gasteiger partial charge in [0.1, 0.15) is 0 Å². The molecular weight excluding hydrogens is 343 g/mol. The smallest absolute Gasteiger partial charge is 0.305 e. The zero-order valence-electron chi connectivity index (χ0n) is 10.9. The van der Waals surface area contributed by atoms with Crippen molar-refractivity contribution in [2.45, 2.75) is 6.92 Å². The van der Waals surface area contributed by atoms with Crippen LogP contribution in [0.25, 0.3) is 0 Å². The quantitative estimate of drug-likeness (QED) is 0.668. The maximum atomic E-state index is 13.2. The van der Waals surface area contributed by atoms with Gasteiger partial charge < -0.3 is 5.32 Å². The number of rotatable bonds is 3. The van der Waals surface area contributed by atoms with Crippen LogP contribution in [0.1, 0.15) is 15.9 Å². The van der Waals surface area contributed by atoms with Crippen LogP contribution < -0.4 is 5.32 Å². The largest absolute Gasteiger partial charge is 0.321 e. The number of carbonyl (C=O) groups is 1. The summed E-state index contributed by atoms with van der Waals surface area (Å²) < 4.78 is 13.9. The average Bonchev–Trinajstić information content (AvgIpc) is 2.42. The molecule has 0 bridgehead atoms. The molecule has 2 rings (SSSR count). The molecule has 5 nitrogen and oxygen atoms in total. The van der Waals surface area contributed by atoms with Gasteiger partial charge in [0.15, 0.2) is 0 Å². The van der Waals surface area contributed by atoms with E-state index in [1.807, 2.05) is 19.1 Å². The van der Waals surface area contributed by atoms with Crippen molar-refractivity contribution in [3.8, 4) is 0 Å². The van der Waals surface area contributed by atoms with Crippen molar-refractivity contribution in [3.05, 3.63) is 67.9 Å². The second-order valence-corrected chi connectivity index (χ2v) is 5.22. The summed E-state index contributed by atoms with van der Waals surface area (Å²) in [5.41, 5.74) is 0.816. The molecule has 0 aliphatic carbocycles. The molecule has 1 N–H and O–H groups in total. The number of nitrogens with zero attached hydrogens (tertiary/aromatic N) is 1. The number of benzene rings is 2. The minimum absolute atomic E-state index is 0.00979. The van der Waals surface area contributed by atoms with E-state index in [4.69, 9.17) is 0 Å². The number of anilines is 1. The Morgan fingerprint density at radius 2 is 2.00 bits per heavy atom. The standard InChI is InChI=1S/C14H10BrFN2O3/c1-8-2-5-12(10(15)6-8)17-14(19)9-3-4-11(16)13(7-9)18(20)21/h2-7H,1H3,(H,17,19). The maximum Gasteiger partial charge on any atom is 0.305 e. The van der Waals surface area contributed by atoms with Crippen molar-refractivity contribution < 1.29 is 14.1 Å². The predicted molar refractivity (Wildman–Crippen MR) is 79.9 cm³/mol. The highest BCUT2D eigenvalue weighted by atomic mass is 79.9. The predicted octanol–water partition coefficient (Wildman–Crippen LogP) is 4.06. The number of halogens is 2. The molecule has 0 unspecified atom stereocenters. The number of nitro benzene ring substituents is 1. The normalized spacial score (nSPS) is 10.2. The molecule has 0 aliphatic rings. The molecule has 0 radical (unpaired) electrons. The molecule has 0 atom stereocenters. The van der Waals surface area contributed by atoms with Crippen molar-refractivity contribution >= 4 is 33.2 Å². The van der Waals surface area contributed by atoms with Crippen LogP contribution in [0.2, 0.25) is 0 Å². The van der Waals surface area contributed by atoms with Crippen LogP contribution >= 0.6 is 15.9 Å². The summed E-state index contributed by atoms with van der Waals surface area (Å²) in [4.78, 5) is 21.9. The Morgan fingerprint density at radius 1 is 1.29 bits per heavy atom. The van der Waals surface area contributed by atoms with Gasteiger partial charge in [0.25, 0.3) is 5.91 Å². The third-order valence-corrected chi connectivity index (χ3v) is 3.43. The minimum atomic E-state index is -0.979. The molecule has 21 heavy (non-hydrogen) atoms. The van der Waals surface area contributed by atoms with E-state index >= 15 is 0 Å². The van der Waals surface area contributed by atoms with E-state index in [0.717, 1.165) is 17.7 Å². The molecule has 0 heterocycles. The van der Waals surface area contributed by atoms with Crippen LogP contribution in [0.5, 0.6) is 0 Å². The van der Waals surface area contributed by atoms with E-state index in [1.165, 1.54) is 6.07 Å². The number of amides is 1. The van der Waals surface area contributed by atoms with E-state index in [0.29, 0.717) is 10.2 Å². The fraction of sp³-hybridized carbons (Fsp3) is 0.0714. The highest BCUT2D eigenvalue weighted by Crippen LogP contribution is 2.25. The van der Waals surface area contributed by atoms with E-state index < -0.39 is 22.3 Å². The van der Waals surface area contributed by atoms with Crippen molar-refractivity contribution in [1.82, 2.24) is 0 Å². The van der Waals surface area contributed by atoms with E-state index in [1.54, 1.807) is 6.07 Å². The summed E-state index contributed by atoms with van der Waals surface area (Å²) >= 11 is 3.31. The van der Waals surface area contributed by atoms with Gasteiger partial charge in [-0.1, -0.05) is 6.07 Å². The van der Waals surface area contributed by atoms with Gasteiger partial charge >= 0.3 is 5.69 Å². The van der Waals surface area contributed by atoms with Gasteiger partial charge in [0.05, 0.1) is 10.6 Å². The zero-order valence-corrected chi connectivity index (χ0v) is 12.5. The second-order valence-electron chi connectivity index (χ2n) is 4.36. The minimum Gasteiger partial charge on any atom is -0.321 e. The summed E-state index contributed by atoms with van der Waals surface area (Å²) in [7, 11) is 0. The van der Waals surface area contributed by atoms with E-state index in [2.05, 4.69) is 21.2 Å². The SMILES string of the molecule is Cc1ccc(NC(=O)c2ccc(F)c([N+](=O)[O-])c2)c(Br)c1. The maximum absolute atomic E-state index is 13.2. The molecular formula is C14H10BrFN2O3. The Balaban J connectivity index is 2.28. The first-order valence-electron chi connectivity index (χ1n) is 5.90. The van der Waals surface area contributed by atoms with E-state index in [-0.39, 0.29) is 5.56 Å². The molecule has 108 valence electrons. The third kappa shape index (κ3) is 3.43. The van der Waals surface area contributed by atoms with Gasteiger partial charge in [0.2, 0.25) is 5.82 Å². The van der Waals surface area contributed by atoms with Gasteiger partial charge in [-0.3, -0.25) is 14.9 Å². The lowest BCUT2D eigenvalue weighted by Crippen LogP contribution is -2.13. The van der Waals surface area contributed by atoms with Gasteiger partial charge in [-0.05, 0) is 52.7 Å².